The number of ether oxygens (including phenoxy) is 2. The van der Waals surface area contributed by atoms with Gasteiger partial charge in [-0.1, -0.05) is 30.3 Å². The van der Waals surface area contributed by atoms with Crippen LogP contribution in [0.3, 0.4) is 0 Å². The lowest BCUT2D eigenvalue weighted by molar-refractivity contribution is 0.0187. The Bertz CT molecular complexity index is 924. The minimum atomic E-state index is 0.285. The summed E-state index contributed by atoms with van der Waals surface area (Å²) < 4.78 is 10.9. The largest absolute Gasteiger partial charge is 0.497 e. The molecular weight excluding hydrogens is 350 g/mol. The van der Waals surface area contributed by atoms with Gasteiger partial charge in [0.2, 0.25) is 0 Å². The highest BCUT2D eigenvalue weighted by atomic mass is 16.5. The maximum atomic E-state index is 5.55. The Balaban J connectivity index is 1.58. The maximum Gasteiger partial charge on any atom is 0.126 e. The molecule has 2 heterocycles. The van der Waals surface area contributed by atoms with Gasteiger partial charge in [0.15, 0.2) is 0 Å². The molecule has 1 aliphatic rings. The zero-order valence-corrected chi connectivity index (χ0v) is 16.5. The monoisotopic (exact) mass is 377 g/mol. The average Bonchev–Trinajstić information content (AvgIpc) is 2.75. The molecule has 4 rings (SSSR count). The number of anilines is 1. The summed E-state index contributed by atoms with van der Waals surface area (Å²) in [6.07, 6.45) is 0. The van der Waals surface area contributed by atoms with Crippen LogP contribution in [0.25, 0.3) is 10.9 Å². The lowest BCUT2D eigenvalue weighted by atomic mass is 10.0. The van der Waals surface area contributed by atoms with Crippen molar-refractivity contribution in [2.75, 3.05) is 45.3 Å². The number of nitrogens with one attached hydrogen (secondary N) is 1. The third-order valence-corrected chi connectivity index (χ3v) is 5.37. The molecule has 1 saturated heterocycles. The van der Waals surface area contributed by atoms with Crippen molar-refractivity contribution in [2.24, 2.45) is 0 Å². The van der Waals surface area contributed by atoms with Crippen molar-refractivity contribution in [3.05, 3.63) is 65.7 Å². The molecule has 0 amide bonds. The first-order valence-corrected chi connectivity index (χ1v) is 9.80. The van der Waals surface area contributed by atoms with Gasteiger partial charge in [-0.05, 0) is 36.2 Å². The summed E-state index contributed by atoms with van der Waals surface area (Å²) in [7, 11) is 1.68. The summed E-state index contributed by atoms with van der Waals surface area (Å²) in [6, 6.07) is 19.1. The van der Waals surface area contributed by atoms with Crippen LogP contribution in [0, 0.1) is 6.92 Å². The Morgan fingerprint density at radius 2 is 1.89 bits per heavy atom. The summed E-state index contributed by atoms with van der Waals surface area (Å²) in [5.41, 5.74) is 3.47. The summed E-state index contributed by atoms with van der Waals surface area (Å²) in [5, 5.41) is 4.73. The summed E-state index contributed by atoms with van der Waals surface area (Å²) in [5.74, 6) is 1.72. The van der Waals surface area contributed by atoms with Crippen LogP contribution in [0.2, 0.25) is 0 Å². The molecule has 1 aliphatic heterocycles. The first-order valence-electron chi connectivity index (χ1n) is 9.80. The van der Waals surface area contributed by atoms with E-state index in [2.05, 4.69) is 59.6 Å². The van der Waals surface area contributed by atoms with E-state index in [0.29, 0.717) is 0 Å². The Labute approximate surface area is 166 Å². The van der Waals surface area contributed by atoms with E-state index in [-0.39, 0.29) is 6.04 Å². The van der Waals surface area contributed by atoms with Crippen LogP contribution in [0.15, 0.2) is 54.6 Å². The van der Waals surface area contributed by atoms with Crippen molar-refractivity contribution >= 4 is 16.7 Å². The minimum absolute atomic E-state index is 0.285. The van der Waals surface area contributed by atoms with E-state index in [0.717, 1.165) is 55.3 Å². The molecule has 2 aromatic carbocycles. The van der Waals surface area contributed by atoms with Gasteiger partial charge >= 0.3 is 0 Å². The Morgan fingerprint density at radius 3 is 2.64 bits per heavy atom. The zero-order chi connectivity index (χ0) is 19.3. The molecule has 0 saturated carbocycles. The predicted octanol–water partition coefficient (Wildman–Crippen LogP) is 4.04. The van der Waals surface area contributed by atoms with Crippen LogP contribution < -0.4 is 10.1 Å². The van der Waals surface area contributed by atoms with Gasteiger partial charge in [0.25, 0.3) is 0 Å². The first-order chi connectivity index (χ1) is 13.7. The van der Waals surface area contributed by atoms with Gasteiger partial charge in [-0.25, -0.2) is 4.98 Å². The van der Waals surface area contributed by atoms with Crippen molar-refractivity contribution in [3.63, 3.8) is 0 Å². The zero-order valence-electron chi connectivity index (χ0n) is 16.5. The second-order valence-corrected chi connectivity index (χ2v) is 7.16. The number of benzene rings is 2. The summed E-state index contributed by atoms with van der Waals surface area (Å²) in [6.45, 7) is 6.39. The van der Waals surface area contributed by atoms with Crippen LogP contribution in [0.5, 0.6) is 5.75 Å². The van der Waals surface area contributed by atoms with Crippen molar-refractivity contribution < 1.29 is 9.47 Å². The molecule has 28 heavy (non-hydrogen) atoms. The van der Waals surface area contributed by atoms with Crippen molar-refractivity contribution in [1.29, 1.82) is 0 Å². The molecule has 0 aliphatic carbocycles. The van der Waals surface area contributed by atoms with Crippen molar-refractivity contribution in [3.8, 4) is 5.75 Å². The van der Waals surface area contributed by atoms with Gasteiger partial charge in [-0.15, -0.1) is 0 Å². The maximum absolute atomic E-state index is 5.55. The number of morpholine rings is 1. The van der Waals surface area contributed by atoms with Gasteiger partial charge < -0.3 is 14.8 Å². The fourth-order valence-corrected chi connectivity index (χ4v) is 3.82. The number of hydrogen-bond acceptors (Lipinski definition) is 5. The predicted molar refractivity (Wildman–Crippen MR) is 113 cm³/mol. The number of nitrogens with zero attached hydrogens (tertiary/aromatic N) is 2. The van der Waals surface area contributed by atoms with Crippen LogP contribution in [0.1, 0.15) is 17.2 Å². The van der Waals surface area contributed by atoms with E-state index in [1.165, 1.54) is 11.1 Å². The fraction of sp³-hybridized carbons (Fsp3) is 0.348. The van der Waals surface area contributed by atoms with Gasteiger partial charge in [0.05, 0.1) is 31.9 Å². The lowest BCUT2D eigenvalue weighted by Crippen LogP contribution is -2.41. The Hall–Kier alpha value is -2.63. The SMILES string of the molecule is COc1ccc2c(C)cc(NC[C@@H](c3ccccc3)N3CCOCC3)nc2c1. The lowest BCUT2D eigenvalue weighted by Gasteiger charge is -2.35. The molecule has 0 bridgehead atoms. The molecule has 146 valence electrons. The Kier molecular flexibility index (Phi) is 5.74. The van der Waals surface area contributed by atoms with Gasteiger partial charge in [-0.3, -0.25) is 4.90 Å². The average molecular weight is 377 g/mol. The standard InChI is InChI=1S/C23H27N3O2/c1-17-14-23(25-21-15-19(27-2)8-9-20(17)21)24-16-22(18-6-4-3-5-7-18)26-10-12-28-13-11-26/h3-9,14-15,22H,10-13,16H2,1-2H3,(H,24,25)/t22-/m0/s1. The normalized spacial score (nSPS) is 16.1. The fourth-order valence-electron chi connectivity index (χ4n) is 3.82. The van der Waals surface area contributed by atoms with E-state index < -0.39 is 0 Å². The second-order valence-electron chi connectivity index (χ2n) is 7.16. The molecule has 0 radical (unpaired) electrons. The van der Waals surface area contributed by atoms with Gasteiger partial charge in [0.1, 0.15) is 11.6 Å². The van der Waals surface area contributed by atoms with E-state index >= 15 is 0 Å². The molecule has 1 N–H and O–H groups in total. The number of methoxy groups -OCH3 is 1. The number of aryl methyl sites for hydroxylation is 1. The van der Waals surface area contributed by atoms with E-state index in [9.17, 15) is 0 Å². The smallest absolute Gasteiger partial charge is 0.126 e. The highest BCUT2D eigenvalue weighted by molar-refractivity contribution is 5.85. The van der Waals surface area contributed by atoms with E-state index in [1.807, 2.05) is 12.1 Å². The number of rotatable bonds is 6. The van der Waals surface area contributed by atoms with Gasteiger partial charge in [0, 0.05) is 31.1 Å². The number of aromatic nitrogens is 1. The number of fused-ring (bicyclic) bond motifs is 1. The molecule has 1 fully saturated rings. The second kappa shape index (κ2) is 8.59. The van der Waals surface area contributed by atoms with E-state index in [1.54, 1.807) is 7.11 Å². The summed E-state index contributed by atoms with van der Waals surface area (Å²) in [4.78, 5) is 7.31. The molecular formula is C23H27N3O2. The van der Waals surface area contributed by atoms with Gasteiger partial charge in [-0.2, -0.15) is 0 Å². The third kappa shape index (κ3) is 4.11. The Morgan fingerprint density at radius 1 is 1.11 bits per heavy atom. The molecule has 0 unspecified atom stereocenters. The van der Waals surface area contributed by atoms with Crippen LogP contribution in [0.4, 0.5) is 5.82 Å². The molecule has 3 aromatic rings. The molecule has 1 atom stereocenters. The molecule has 0 spiro atoms. The summed E-state index contributed by atoms with van der Waals surface area (Å²) >= 11 is 0. The van der Waals surface area contributed by atoms with Crippen LogP contribution in [-0.4, -0.2) is 49.8 Å². The third-order valence-electron chi connectivity index (χ3n) is 5.37. The topological polar surface area (TPSA) is 46.6 Å². The van der Waals surface area contributed by atoms with Crippen LogP contribution >= 0.6 is 0 Å². The highest BCUT2D eigenvalue weighted by Gasteiger charge is 2.22. The van der Waals surface area contributed by atoms with Crippen LogP contribution in [-0.2, 0) is 4.74 Å². The highest BCUT2D eigenvalue weighted by Crippen LogP contribution is 2.26. The molecule has 5 heteroatoms. The first kappa shape index (κ1) is 18.7. The van der Waals surface area contributed by atoms with Crippen molar-refractivity contribution in [2.45, 2.75) is 13.0 Å². The van der Waals surface area contributed by atoms with E-state index in [4.69, 9.17) is 14.5 Å². The quantitative estimate of drug-likeness (QED) is 0.703. The number of pyridine rings is 1. The number of hydrogen-bond donors (Lipinski definition) is 1. The molecule has 1 aromatic heterocycles. The van der Waals surface area contributed by atoms with Crippen molar-refractivity contribution in [1.82, 2.24) is 9.88 Å². The molecule has 5 nitrogen and oxygen atoms in total. The minimum Gasteiger partial charge on any atom is -0.497 e.